The minimum absolute atomic E-state index is 0.369. The zero-order chi connectivity index (χ0) is 18.5. The quantitative estimate of drug-likeness (QED) is 0.645. The van der Waals surface area contributed by atoms with Gasteiger partial charge in [0.1, 0.15) is 5.76 Å². The third-order valence-electron chi connectivity index (χ3n) is 4.54. The fraction of sp³-hybridized carbons (Fsp3) is 0.611. The predicted octanol–water partition coefficient (Wildman–Crippen LogP) is 1.99. The Labute approximate surface area is 154 Å². The minimum Gasteiger partial charge on any atom is -0.361 e. The molecule has 1 saturated heterocycles. The molecule has 8 heteroatoms. The second-order valence-corrected chi connectivity index (χ2v) is 6.97. The molecular weight excluding hydrogens is 332 g/mol. The zero-order valence-electron chi connectivity index (χ0n) is 16.0. The maximum Gasteiger partial charge on any atom is 0.194 e. The molecule has 0 radical (unpaired) electrons. The molecule has 1 N–H and O–H groups in total. The number of hydrogen-bond acceptors (Lipinski definition) is 6. The van der Waals surface area contributed by atoms with Crippen LogP contribution in [0.15, 0.2) is 26.2 Å². The van der Waals surface area contributed by atoms with Gasteiger partial charge in [-0.25, -0.2) is 0 Å². The lowest BCUT2D eigenvalue weighted by molar-refractivity contribution is 0.168. The van der Waals surface area contributed by atoms with E-state index in [0.29, 0.717) is 12.5 Å². The number of aliphatic imine (C=N–C) groups is 1. The van der Waals surface area contributed by atoms with Crippen molar-refractivity contribution in [3.8, 4) is 0 Å². The standard InChI is InChI=1S/C18H28N6O2/c1-13(2)17-10-16(26-22-17)11-20-18(19-4)24-7-5-23(6-8-24)12-15-9-14(3)25-21-15/h9-10,13H,5-8,11-12H2,1-4H3,(H,19,20). The number of piperazine rings is 1. The van der Waals surface area contributed by atoms with Crippen molar-refractivity contribution in [3.05, 3.63) is 35.0 Å². The minimum atomic E-state index is 0.369. The van der Waals surface area contributed by atoms with Gasteiger partial charge in [0.2, 0.25) is 0 Å². The van der Waals surface area contributed by atoms with Gasteiger partial charge in [-0.05, 0) is 12.8 Å². The highest BCUT2D eigenvalue weighted by molar-refractivity contribution is 5.79. The van der Waals surface area contributed by atoms with Gasteiger partial charge in [-0.3, -0.25) is 9.89 Å². The van der Waals surface area contributed by atoms with Crippen LogP contribution >= 0.6 is 0 Å². The molecule has 0 amide bonds. The summed E-state index contributed by atoms with van der Waals surface area (Å²) in [7, 11) is 1.81. The molecule has 0 aliphatic carbocycles. The van der Waals surface area contributed by atoms with Crippen LogP contribution in [0.3, 0.4) is 0 Å². The van der Waals surface area contributed by atoms with E-state index < -0.39 is 0 Å². The summed E-state index contributed by atoms with van der Waals surface area (Å²) in [5.41, 5.74) is 1.97. The highest BCUT2D eigenvalue weighted by atomic mass is 16.5. The molecule has 0 saturated carbocycles. The molecule has 3 rings (SSSR count). The first kappa shape index (κ1) is 18.4. The summed E-state index contributed by atoms with van der Waals surface area (Å²) in [5, 5.41) is 11.5. The summed E-state index contributed by atoms with van der Waals surface area (Å²) < 4.78 is 10.5. The van der Waals surface area contributed by atoms with Crippen molar-refractivity contribution in [1.82, 2.24) is 25.4 Å². The summed E-state index contributed by atoms with van der Waals surface area (Å²) in [5.74, 6) is 2.95. The second kappa shape index (κ2) is 8.35. The average Bonchev–Trinajstić information content (AvgIpc) is 3.26. The summed E-state index contributed by atoms with van der Waals surface area (Å²) in [6.07, 6.45) is 0. The van der Waals surface area contributed by atoms with E-state index in [1.807, 2.05) is 26.1 Å². The fourth-order valence-corrected chi connectivity index (χ4v) is 3.02. The smallest absolute Gasteiger partial charge is 0.194 e. The van der Waals surface area contributed by atoms with Crippen molar-refractivity contribution in [3.63, 3.8) is 0 Å². The molecule has 1 aliphatic heterocycles. The molecule has 0 aromatic carbocycles. The number of rotatable bonds is 5. The van der Waals surface area contributed by atoms with Crippen LogP contribution in [0.1, 0.15) is 42.7 Å². The Bertz CT molecular complexity index is 728. The lowest BCUT2D eigenvalue weighted by Crippen LogP contribution is -2.52. The molecule has 26 heavy (non-hydrogen) atoms. The van der Waals surface area contributed by atoms with E-state index in [-0.39, 0.29) is 0 Å². The highest BCUT2D eigenvalue weighted by Gasteiger charge is 2.20. The molecule has 0 spiro atoms. The van der Waals surface area contributed by atoms with E-state index in [0.717, 1.165) is 61.6 Å². The van der Waals surface area contributed by atoms with Crippen LogP contribution in [0.25, 0.3) is 0 Å². The molecule has 0 unspecified atom stereocenters. The third kappa shape index (κ3) is 4.63. The van der Waals surface area contributed by atoms with E-state index >= 15 is 0 Å². The Hall–Kier alpha value is -2.35. The van der Waals surface area contributed by atoms with Crippen LogP contribution in [0.4, 0.5) is 0 Å². The average molecular weight is 360 g/mol. The first-order valence-corrected chi connectivity index (χ1v) is 9.10. The first-order valence-electron chi connectivity index (χ1n) is 9.10. The lowest BCUT2D eigenvalue weighted by Gasteiger charge is -2.36. The van der Waals surface area contributed by atoms with Gasteiger partial charge in [0.25, 0.3) is 0 Å². The SMILES string of the molecule is CN=C(NCc1cc(C(C)C)no1)N1CCN(Cc2cc(C)on2)CC1. The van der Waals surface area contributed by atoms with E-state index in [4.69, 9.17) is 9.05 Å². The van der Waals surface area contributed by atoms with Gasteiger partial charge in [-0.1, -0.05) is 24.2 Å². The van der Waals surface area contributed by atoms with E-state index in [9.17, 15) is 0 Å². The third-order valence-corrected chi connectivity index (χ3v) is 4.54. The van der Waals surface area contributed by atoms with Gasteiger partial charge in [-0.2, -0.15) is 0 Å². The Morgan fingerprint density at radius 2 is 1.96 bits per heavy atom. The van der Waals surface area contributed by atoms with Crippen LogP contribution < -0.4 is 5.32 Å². The van der Waals surface area contributed by atoms with Crippen molar-refractivity contribution in [2.24, 2.45) is 4.99 Å². The van der Waals surface area contributed by atoms with Gasteiger partial charge in [0, 0.05) is 51.9 Å². The normalized spacial score (nSPS) is 16.5. The molecule has 8 nitrogen and oxygen atoms in total. The van der Waals surface area contributed by atoms with Gasteiger partial charge in [0.05, 0.1) is 17.9 Å². The maximum atomic E-state index is 5.38. The van der Waals surface area contributed by atoms with Gasteiger partial charge in [-0.15, -0.1) is 0 Å². The summed E-state index contributed by atoms with van der Waals surface area (Å²) in [6.45, 7) is 11.3. The highest BCUT2D eigenvalue weighted by Crippen LogP contribution is 2.14. The van der Waals surface area contributed by atoms with Gasteiger partial charge < -0.3 is 19.3 Å². The molecule has 142 valence electrons. The van der Waals surface area contributed by atoms with E-state index in [1.165, 1.54) is 0 Å². The number of aromatic nitrogens is 2. The van der Waals surface area contributed by atoms with Gasteiger partial charge >= 0.3 is 0 Å². The van der Waals surface area contributed by atoms with Crippen molar-refractivity contribution >= 4 is 5.96 Å². The number of nitrogens with zero attached hydrogens (tertiary/aromatic N) is 5. The molecular formula is C18H28N6O2. The summed E-state index contributed by atoms with van der Waals surface area (Å²) in [6, 6.07) is 4.00. The monoisotopic (exact) mass is 360 g/mol. The number of aryl methyl sites for hydroxylation is 1. The van der Waals surface area contributed by atoms with Gasteiger partial charge in [0.15, 0.2) is 11.7 Å². The van der Waals surface area contributed by atoms with Crippen LogP contribution in [-0.2, 0) is 13.1 Å². The lowest BCUT2D eigenvalue weighted by atomic mass is 10.1. The number of guanidine groups is 1. The summed E-state index contributed by atoms with van der Waals surface area (Å²) >= 11 is 0. The van der Waals surface area contributed by atoms with E-state index in [1.54, 1.807) is 0 Å². The Kier molecular flexibility index (Phi) is 5.92. The molecule has 0 bridgehead atoms. The Morgan fingerprint density at radius 1 is 1.19 bits per heavy atom. The molecule has 1 aliphatic rings. The number of hydrogen-bond donors (Lipinski definition) is 1. The van der Waals surface area contributed by atoms with Crippen LogP contribution in [0, 0.1) is 6.92 Å². The first-order chi connectivity index (χ1) is 12.5. The molecule has 2 aromatic rings. The van der Waals surface area contributed by atoms with Crippen molar-refractivity contribution < 1.29 is 9.05 Å². The van der Waals surface area contributed by atoms with Crippen LogP contribution in [0.5, 0.6) is 0 Å². The number of nitrogens with one attached hydrogen (secondary N) is 1. The molecule has 3 heterocycles. The molecule has 0 atom stereocenters. The predicted molar refractivity (Wildman–Crippen MR) is 98.9 cm³/mol. The van der Waals surface area contributed by atoms with E-state index in [2.05, 4.69) is 44.3 Å². The van der Waals surface area contributed by atoms with Crippen molar-refractivity contribution in [1.29, 1.82) is 0 Å². The molecule has 1 fully saturated rings. The van der Waals surface area contributed by atoms with Crippen LogP contribution in [0.2, 0.25) is 0 Å². The largest absolute Gasteiger partial charge is 0.361 e. The maximum absolute atomic E-state index is 5.38. The Balaban J connectivity index is 1.47. The van der Waals surface area contributed by atoms with Crippen LogP contribution in [-0.4, -0.2) is 59.3 Å². The zero-order valence-corrected chi connectivity index (χ0v) is 16.0. The van der Waals surface area contributed by atoms with Crippen molar-refractivity contribution in [2.45, 2.75) is 39.8 Å². The molecule has 2 aromatic heterocycles. The Morgan fingerprint density at radius 3 is 2.54 bits per heavy atom. The summed E-state index contributed by atoms with van der Waals surface area (Å²) in [4.78, 5) is 9.05. The second-order valence-electron chi connectivity index (χ2n) is 6.97. The topological polar surface area (TPSA) is 82.9 Å². The fourth-order valence-electron chi connectivity index (χ4n) is 3.02. The van der Waals surface area contributed by atoms with Crippen molar-refractivity contribution in [2.75, 3.05) is 33.2 Å².